The molecule has 1 fully saturated rings. The van der Waals surface area contributed by atoms with Crippen LogP contribution in [0.2, 0.25) is 0 Å². The highest BCUT2D eigenvalue weighted by molar-refractivity contribution is 5.69. The Morgan fingerprint density at radius 2 is 1.61 bits per heavy atom. The Morgan fingerprint density at radius 1 is 0.964 bits per heavy atom. The molecule has 28 heavy (non-hydrogen) atoms. The normalized spacial score (nSPS) is 14.2. The lowest BCUT2D eigenvalue weighted by atomic mass is 10.1. The minimum Gasteiger partial charge on any atom is -0.450 e. The van der Waals surface area contributed by atoms with Gasteiger partial charge in [-0.25, -0.2) is 9.48 Å². The first-order valence-corrected chi connectivity index (χ1v) is 9.64. The van der Waals surface area contributed by atoms with Gasteiger partial charge >= 0.3 is 6.09 Å². The molecule has 6 nitrogen and oxygen atoms in total. The molecule has 0 N–H and O–H groups in total. The first-order valence-electron chi connectivity index (χ1n) is 9.64. The van der Waals surface area contributed by atoms with Gasteiger partial charge in [0.25, 0.3) is 0 Å². The summed E-state index contributed by atoms with van der Waals surface area (Å²) in [6.45, 7) is 4.98. The van der Waals surface area contributed by atoms with Gasteiger partial charge in [-0.1, -0.05) is 48.5 Å². The number of carbonyl (C=O) groups is 1. The van der Waals surface area contributed by atoms with Crippen molar-refractivity contribution in [3.63, 3.8) is 0 Å². The third-order valence-electron chi connectivity index (χ3n) is 4.90. The maximum absolute atomic E-state index is 11.9. The fourth-order valence-corrected chi connectivity index (χ4v) is 3.44. The van der Waals surface area contributed by atoms with Crippen LogP contribution in [-0.4, -0.2) is 53.6 Å². The molecule has 1 aromatic heterocycles. The molecule has 6 heteroatoms. The van der Waals surface area contributed by atoms with Gasteiger partial charge in [-0.15, -0.1) is 5.10 Å². The van der Waals surface area contributed by atoms with Crippen LogP contribution < -0.4 is 4.90 Å². The summed E-state index contributed by atoms with van der Waals surface area (Å²) in [5.41, 5.74) is 3.20. The van der Waals surface area contributed by atoms with Crippen LogP contribution in [0.25, 0.3) is 16.9 Å². The van der Waals surface area contributed by atoms with E-state index in [-0.39, 0.29) is 6.09 Å². The topological polar surface area (TPSA) is 50.6 Å². The fourth-order valence-electron chi connectivity index (χ4n) is 3.44. The van der Waals surface area contributed by atoms with Crippen molar-refractivity contribution >= 4 is 11.9 Å². The fraction of sp³-hybridized carbons (Fsp3) is 0.273. The summed E-state index contributed by atoms with van der Waals surface area (Å²) in [5, 5.41) is 4.89. The molecule has 2 heterocycles. The van der Waals surface area contributed by atoms with Crippen molar-refractivity contribution in [3.05, 3.63) is 66.7 Å². The summed E-state index contributed by atoms with van der Waals surface area (Å²) < 4.78 is 7.10. The van der Waals surface area contributed by atoms with Crippen LogP contribution in [0.5, 0.6) is 0 Å². The smallest absolute Gasteiger partial charge is 0.409 e. The van der Waals surface area contributed by atoms with Crippen molar-refractivity contribution in [2.75, 3.05) is 37.7 Å². The number of anilines is 1. The van der Waals surface area contributed by atoms with E-state index in [1.165, 1.54) is 0 Å². The number of piperazine rings is 1. The van der Waals surface area contributed by atoms with E-state index in [4.69, 9.17) is 9.84 Å². The molecule has 1 amide bonds. The van der Waals surface area contributed by atoms with Gasteiger partial charge in [0.2, 0.25) is 0 Å². The molecule has 1 saturated heterocycles. The quantitative estimate of drug-likeness (QED) is 0.695. The number of hydrogen-bond acceptors (Lipinski definition) is 4. The maximum Gasteiger partial charge on any atom is 0.409 e. The third-order valence-corrected chi connectivity index (χ3v) is 4.90. The van der Waals surface area contributed by atoms with Crippen molar-refractivity contribution in [2.24, 2.45) is 0 Å². The second kappa shape index (κ2) is 8.17. The molecule has 3 aromatic rings. The van der Waals surface area contributed by atoms with E-state index in [0.717, 1.165) is 35.9 Å². The molecule has 0 saturated carbocycles. The number of aromatic nitrogens is 2. The zero-order valence-corrected chi connectivity index (χ0v) is 16.0. The molecule has 4 rings (SSSR count). The Morgan fingerprint density at radius 3 is 2.25 bits per heavy atom. The third kappa shape index (κ3) is 3.71. The van der Waals surface area contributed by atoms with E-state index >= 15 is 0 Å². The molecular weight excluding hydrogens is 352 g/mol. The van der Waals surface area contributed by atoms with E-state index in [2.05, 4.69) is 35.2 Å². The van der Waals surface area contributed by atoms with Crippen LogP contribution in [0, 0.1) is 0 Å². The van der Waals surface area contributed by atoms with Crippen LogP contribution in [0.1, 0.15) is 6.92 Å². The van der Waals surface area contributed by atoms with Crippen molar-refractivity contribution in [1.29, 1.82) is 0 Å². The van der Waals surface area contributed by atoms with Crippen LogP contribution in [0.3, 0.4) is 0 Å². The lowest BCUT2D eigenvalue weighted by Gasteiger charge is -2.34. The van der Waals surface area contributed by atoms with Gasteiger partial charge in [-0.3, -0.25) is 0 Å². The molecule has 0 bridgehead atoms. The average Bonchev–Trinajstić information content (AvgIpc) is 3.21. The Labute approximate surface area is 164 Å². The highest BCUT2D eigenvalue weighted by Gasteiger charge is 2.24. The van der Waals surface area contributed by atoms with E-state index < -0.39 is 0 Å². The summed E-state index contributed by atoms with van der Waals surface area (Å²) in [6.07, 6.45) is -0.234. The number of benzene rings is 2. The number of carbonyl (C=O) groups excluding carboxylic acids is 1. The first kappa shape index (κ1) is 18.1. The van der Waals surface area contributed by atoms with E-state index in [0.29, 0.717) is 19.7 Å². The molecule has 0 spiro atoms. The predicted molar refractivity (Wildman–Crippen MR) is 110 cm³/mol. The Balaban J connectivity index is 1.61. The van der Waals surface area contributed by atoms with Gasteiger partial charge in [-0.05, 0) is 19.1 Å². The van der Waals surface area contributed by atoms with Crippen molar-refractivity contribution in [2.45, 2.75) is 6.92 Å². The van der Waals surface area contributed by atoms with Crippen LogP contribution in [0.4, 0.5) is 10.6 Å². The lowest BCUT2D eigenvalue weighted by Crippen LogP contribution is -2.49. The molecule has 2 aromatic carbocycles. The number of nitrogens with zero attached hydrogens (tertiary/aromatic N) is 4. The zero-order chi connectivity index (χ0) is 19.3. The summed E-state index contributed by atoms with van der Waals surface area (Å²) in [5.74, 6) is 0.922. The molecule has 144 valence electrons. The van der Waals surface area contributed by atoms with Crippen LogP contribution in [0.15, 0.2) is 66.7 Å². The van der Waals surface area contributed by atoms with Gasteiger partial charge in [0.15, 0.2) is 5.82 Å². The Bertz CT molecular complexity index is 859. The average molecular weight is 376 g/mol. The predicted octanol–water partition coefficient (Wildman–Crippen LogP) is 3.82. The molecular formula is C22H24N4O2. The first-order chi connectivity index (χ1) is 13.8. The zero-order valence-electron chi connectivity index (χ0n) is 16.0. The number of para-hydroxylation sites is 1. The second-order valence-electron chi connectivity index (χ2n) is 6.67. The minimum absolute atomic E-state index is 0.234. The molecule has 0 atom stereocenters. The van der Waals surface area contributed by atoms with Crippen LogP contribution in [-0.2, 0) is 4.74 Å². The molecule has 1 aliphatic heterocycles. The summed E-state index contributed by atoms with van der Waals surface area (Å²) in [7, 11) is 0. The Hall–Kier alpha value is -3.28. The van der Waals surface area contributed by atoms with Gasteiger partial charge in [0, 0.05) is 37.8 Å². The molecule has 0 aliphatic carbocycles. The van der Waals surface area contributed by atoms with E-state index in [9.17, 15) is 4.79 Å². The van der Waals surface area contributed by atoms with Crippen molar-refractivity contribution < 1.29 is 9.53 Å². The van der Waals surface area contributed by atoms with E-state index in [1.807, 2.05) is 48.0 Å². The van der Waals surface area contributed by atoms with Gasteiger partial charge in [0.05, 0.1) is 18.0 Å². The maximum atomic E-state index is 11.9. The van der Waals surface area contributed by atoms with Crippen molar-refractivity contribution in [1.82, 2.24) is 14.7 Å². The monoisotopic (exact) mass is 376 g/mol. The van der Waals surface area contributed by atoms with E-state index in [1.54, 1.807) is 4.90 Å². The van der Waals surface area contributed by atoms with Gasteiger partial charge < -0.3 is 14.5 Å². The summed E-state index contributed by atoms with van der Waals surface area (Å²) in [4.78, 5) is 15.9. The molecule has 0 unspecified atom stereocenters. The van der Waals surface area contributed by atoms with Gasteiger partial charge in [-0.2, -0.15) is 0 Å². The molecule has 0 radical (unpaired) electrons. The largest absolute Gasteiger partial charge is 0.450 e. The lowest BCUT2D eigenvalue weighted by molar-refractivity contribution is 0.105. The van der Waals surface area contributed by atoms with Gasteiger partial charge in [0.1, 0.15) is 0 Å². The van der Waals surface area contributed by atoms with Crippen LogP contribution >= 0.6 is 0 Å². The highest BCUT2D eigenvalue weighted by Crippen LogP contribution is 2.28. The number of amides is 1. The highest BCUT2D eigenvalue weighted by atomic mass is 16.6. The number of hydrogen-bond donors (Lipinski definition) is 0. The van der Waals surface area contributed by atoms with Crippen molar-refractivity contribution in [3.8, 4) is 16.9 Å². The Kier molecular flexibility index (Phi) is 5.28. The standard InChI is InChI=1S/C22H24N4O2/c1-2-28-22(27)25-15-13-24(14-16-25)21-17-20(18-9-5-3-6-10-18)26(23-21)19-11-7-4-8-12-19/h3-12,17H,2,13-16H2,1H3. The number of rotatable bonds is 4. The summed E-state index contributed by atoms with van der Waals surface area (Å²) >= 11 is 0. The second-order valence-corrected chi connectivity index (χ2v) is 6.67. The summed E-state index contributed by atoms with van der Waals surface area (Å²) in [6, 6.07) is 22.6. The SMILES string of the molecule is CCOC(=O)N1CCN(c2cc(-c3ccccc3)n(-c3ccccc3)n2)CC1. The number of ether oxygens (including phenoxy) is 1. The minimum atomic E-state index is -0.234. The molecule has 1 aliphatic rings.